The van der Waals surface area contributed by atoms with E-state index in [4.69, 9.17) is 27.6 Å². The third-order valence-corrected chi connectivity index (χ3v) is 11.4. The first-order valence-electron chi connectivity index (χ1n) is 18.2. The fraction of sp³-hybridized carbons (Fsp3) is 0.710. The summed E-state index contributed by atoms with van der Waals surface area (Å²) < 4.78 is 59.4. The summed E-state index contributed by atoms with van der Waals surface area (Å²) in [5.41, 5.74) is -2.51. The van der Waals surface area contributed by atoms with Crippen LogP contribution in [-0.2, 0) is 36.7 Å². The summed E-state index contributed by atoms with van der Waals surface area (Å²) in [6, 6.07) is 0.940. The van der Waals surface area contributed by atoms with Crippen LogP contribution in [0.1, 0.15) is 54.0 Å². The first-order chi connectivity index (χ1) is 26.5. The monoisotopic (exact) mass is 838 g/mol. The summed E-state index contributed by atoms with van der Waals surface area (Å²) in [7, 11) is -10.2. The van der Waals surface area contributed by atoms with E-state index < -0.39 is 94.7 Å². The molecule has 2 unspecified atom stereocenters. The zero-order chi connectivity index (χ0) is 41.4. The fourth-order valence-electron chi connectivity index (χ4n) is 6.13. The molecular weight excluding hydrogens is 786 g/mol. The molecule has 6 rings (SSSR count). The minimum atomic E-state index is -5.14. The lowest BCUT2D eigenvalue weighted by Crippen LogP contribution is -2.39. The molecule has 0 aliphatic carbocycles. The number of imidazole rings is 1. The van der Waals surface area contributed by atoms with Crippen molar-refractivity contribution in [3.05, 3.63) is 56.1 Å². The number of hydrogen-bond acceptors (Lipinski definition) is 17. The minimum absolute atomic E-state index is 0.0247. The molecule has 10 atom stereocenters. The van der Waals surface area contributed by atoms with Gasteiger partial charge in [-0.05, 0) is 39.3 Å². The number of aliphatic hydroxyl groups excluding tert-OH is 2. The van der Waals surface area contributed by atoms with Gasteiger partial charge in [0.1, 0.15) is 36.6 Å². The van der Waals surface area contributed by atoms with Gasteiger partial charge in [-0.3, -0.25) is 41.8 Å². The Kier molecular flexibility index (Phi) is 16.4. The van der Waals surface area contributed by atoms with E-state index in [0.717, 1.165) is 34.1 Å². The van der Waals surface area contributed by atoms with Gasteiger partial charge in [0.15, 0.2) is 23.6 Å². The van der Waals surface area contributed by atoms with Gasteiger partial charge >= 0.3 is 21.3 Å². The first-order valence-corrected chi connectivity index (χ1v) is 21.2. The Balaban J connectivity index is 0.000000425. The lowest BCUT2D eigenvalue weighted by Gasteiger charge is -2.25. The van der Waals surface area contributed by atoms with Gasteiger partial charge in [0.2, 0.25) is 0 Å². The number of phosphoric acid groups is 2. The maximum absolute atomic E-state index is 13.0. The third-order valence-electron chi connectivity index (χ3n) is 9.38. The molecule has 6 N–H and O–H groups in total. The highest BCUT2D eigenvalue weighted by Gasteiger charge is 2.53. The zero-order valence-electron chi connectivity index (χ0n) is 31.9. The van der Waals surface area contributed by atoms with Gasteiger partial charge < -0.3 is 44.3 Å². The van der Waals surface area contributed by atoms with Crippen LogP contribution in [0.4, 0.5) is 0 Å². The van der Waals surface area contributed by atoms with E-state index >= 15 is 0 Å². The van der Waals surface area contributed by atoms with Gasteiger partial charge in [0.25, 0.3) is 11.1 Å². The largest absolute Gasteiger partial charge is 0.472 e. The standard InChI is InChI=1S/C19H22N6O15P2.2C6H15N/c26-9-1-2-24(19(30)23-9)18-14-11(27)7(37-18)3-35-41(31,32)39-13-8(4-36-42(33,34)40-14)38-17(12(13)28)25-6-22-10-15(25)20-5-21-16(10)29;2*1-4-7(5-2)6-3/h1-2,5-8,11-14,17-18,27-28H,3-4H2,(H,31,32)(H,33,34)(H,20,21,29)(H,23,26,30);2*4-6H2,1-3H3/t7-,8-,11-,12-,13-,14-,17-,18-;;/m1../s1. The van der Waals surface area contributed by atoms with Crippen LogP contribution >= 0.6 is 15.6 Å². The SMILES string of the molecule is CCN(CC)CC.CCN(CC)CC.O=c1ccn([C@@H]2O[C@@H]3COP(=O)(O)O[C@H]4[C@@H](O)[C@H](n5cnc6c(=O)[nH]cnc65)O[C@@H]4COP(=O)(O)O[C@@H]2[C@@H]3O)c(=O)[nH]1. The highest BCUT2D eigenvalue weighted by molar-refractivity contribution is 7.47. The molecule has 3 aromatic rings. The van der Waals surface area contributed by atoms with Crippen LogP contribution in [0, 0.1) is 0 Å². The summed E-state index contributed by atoms with van der Waals surface area (Å²) in [5, 5.41) is 21.8. The van der Waals surface area contributed by atoms with E-state index in [1.165, 1.54) is 39.3 Å². The average molecular weight is 839 g/mol. The molecule has 25 heteroatoms. The molecular formula is C31H52N8O15P2. The predicted molar refractivity (Wildman–Crippen MR) is 198 cm³/mol. The number of H-pyrrole nitrogens is 2. The summed E-state index contributed by atoms with van der Waals surface area (Å²) in [6.45, 7) is 18.5. The van der Waals surface area contributed by atoms with E-state index in [0.29, 0.717) is 0 Å². The molecule has 56 heavy (non-hydrogen) atoms. The molecule has 2 bridgehead atoms. The van der Waals surface area contributed by atoms with Crippen LogP contribution in [0.15, 0.2) is 39.3 Å². The normalized spacial score (nSPS) is 32.1. The molecule has 23 nitrogen and oxygen atoms in total. The minimum Gasteiger partial charge on any atom is -0.387 e. The number of fused-ring (bicyclic) bond motifs is 4. The van der Waals surface area contributed by atoms with Crippen LogP contribution in [0.25, 0.3) is 11.2 Å². The summed E-state index contributed by atoms with van der Waals surface area (Å²) in [6.07, 6.45) is -10.0. The summed E-state index contributed by atoms with van der Waals surface area (Å²) in [5.74, 6) is 0. The van der Waals surface area contributed by atoms with Crippen molar-refractivity contribution < 1.29 is 56.7 Å². The van der Waals surface area contributed by atoms with Crippen molar-refractivity contribution in [3.63, 3.8) is 0 Å². The second-order valence-electron chi connectivity index (χ2n) is 12.6. The number of nitrogens with one attached hydrogen (secondary N) is 2. The topological polar surface area (TPSA) is 295 Å². The van der Waals surface area contributed by atoms with Crippen LogP contribution in [-0.4, -0.2) is 148 Å². The van der Waals surface area contributed by atoms with Crippen molar-refractivity contribution in [2.45, 2.75) is 90.6 Å². The molecule has 3 aromatic heterocycles. The summed E-state index contributed by atoms with van der Waals surface area (Å²) >= 11 is 0. The number of phosphoric ester groups is 2. The smallest absolute Gasteiger partial charge is 0.387 e. The molecule has 3 aliphatic rings. The molecule has 0 spiro atoms. The zero-order valence-corrected chi connectivity index (χ0v) is 33.7. The number of aromatic amines is 2. The number of aromatic nitrogens is 6. The van der Waals surface area contributed by atoms with Gasteiger partial charge in [-0.25, -0.2) is 23.9 Å². The van der Waals surface area contributed by atoms with Crippen molar-refractivity contribution in [1.82, 2.24) is 38.9 Å². The van der Waals surface area contributed by atoms with E-state index in [9.17, 15) is 43.5 Å². The van der Waals surface area contributed by atoms with Gasteiger partial charge in [-0.1, -0.05) is 41.5 Å². The number of nitrogens with zero attached hydrogens (tertiary/aromatic N) is 6. The maximum atomic E-state index is 13.0. The van der Waals surface area contributed by atoms with Crippen molar-refractivity contribution >= 4 is 26.8 Å². The molecule has 3 saturated heterocycles. The number of rotatable bonds is 8. The molecule has 3 aliphatic heterocycles. The number of hydrogen-bond donors (Lipinski definition) is 6. The van der Waals surface area contributed by atoms with Crippen molar-refractivity contribution in [2.24, 2.45) is 0 Å². The van der Waals surface area contributed by atoms with E-state index in [-0.39, 0.29) is 11.2 Å². The van der Waals surface area contributed by atoms with Gasteiger partial charge in [-0.2, -0.15) is 0 Å². The molecule has 6 heterocycles. The van der Waals surface area contributed by atoms with E-state index in [2.05, 4.69) is 66.3 Å². The lowest BCUT2D eigenvalue weighted by atomic mass is 10.1. The van der Waals surface area contributed by atoms with Crippen LogP contribution in [0.2, 0.25) is 0 Å². The second-order valence-corrected chi connectivity index (χ2v) is 15.4. The number of ether oxygens (including phenoxy) is 2. The fourth-order valence-corrected chi connectivity index (χ4v) is 8.03. The van der Waals surface area contributed by atoms with Crippen LogP contribution < -0.4 is 16.8 Å². The quantitative estimate of drug-likeness (QED) is 0.161. The van der Waals surface area contributed by atoms with Gasteiger partial charge in [0.05, 0.1) is 25.9 Å². The Morgan fingerprint density at radius 2 is 1.30 bits per heavy atom. The third kappa shape index (κ3) is 11.1. The van der Waals surface area contributed by atoms with Crippen LogP contribution in [0.5, 0.6) is 0 Å². The Bertz CT molecular complexity index is 1960. The van der Waals surface area contributed by atoms with E-state index in [1.54, 1.807) is 0 Å². The Hall–Kier alpha value is -2.99. The number of aliphatic hydroxyl groups is 2. The second kappa shape index (κ2) is 20.1. The Labute approximate surface area is 321 Å². The van der Waals surface area contributed by atoms with Crippen LogP contribution in [0.3, 0.4) is 0 Å². The molecule has 0 saturated carbocycles. The lowest BCUT2D eigenvalue weighted by molar-refractivity contribution is -0.0694. The molecule has 0 amide bonds. The maximum Gasteiger partial charge on any atom is 0.472 e. The Morgan fingerprint density at radius 1 is 0.768 bits per heavy atom. The van der Waals surface area contributed by atoms with Crippen molar-refractivity contribution in [2.75, 3.05) is 52.5 Å². The van der Waals surface area contributed by atoms with Gasteiger partial charge in [0, 0.05) is 12.3 Å². The molecule has 0 radical (unpaired) electrons. The van der Waals surface area contributed by atoms with Gasteiger partial charge in [-0.15, -0.1) is 0 Å². The van der Waals surface area contributed by atoms with E-state index in [1.807, 2.05) is 4.98 Å². The predicted octanol–water partition coefficient (Wildman–Crippen LogP) is -0.0994. The van der Waals surface area contributed by atoms with Crippen molar-refractivity contribution in [1.29, 1.82) is 0 Å². The first kappa shape index (κ1) is 45.7. The van der Waals surface area contributed by atoms with Crippen molar-refractivity contribution in [3.8, 4) is 0 Å². The highest BCUT2D eigenvalue weighted by Crippen LogP contribution is 2.53. The Morgan fingerprint density at radius 3 is 1.84 bits per heavy atom. The molecule has 3 fully saturated rings. The molecule has 316 valence electrons. The average Bonchev–Trinajstić information content (AvgIpc) is 3.82. The highest BCUT2D eigenvalue weighted by atomic mass is 31.2. The summed E-state index contributed by atoms with van der Waals surface area (Å²) in [4.78, 5) is 73.8. The molecule has 0 aromatic carbocycles.